The lowest BCUT2D eigenvalue weighted by molar-refractivity contribution is 0.468. The smallest absolute Gasteiger partial charge is 0.232 e. The fraction of sp³-hybridized carbons (Fsp3) is 0. The minimum atomic E-state index is 0.152. The van der Waals surface area contributed by atoms with Crippen molar-refractivity contribution in [2.45, 2.75) is 0 Å². The van der Waals surface area contributed by atoms with E-state index < -0.39 is 0 Å². The molecule has 2 N–H and O–H groups in total. The number of para-hydroxylation sites is 1. The normalized spacial score (nSPS) is 10.3. The van der Waals surface area contributed by atoms with E-state index in [0.717, 1.165) is 10.2 Å². The highest BCUT2D eigenvalue weighted by Gasteiger charge is 2.11. The van der Waals surface area contributed by atoms with E-state index in [9.17, 15) is 0 Å². The number of fused-ring (bicyclic) bond motifs is 1. The number of hydrogen-bond donors (Lipinski definition) is 1. The van der Waals surface area contributed by atoms with Crippen molar-refractivity contribution in [3.05, 3.63) is 41.3 Å². The summed E-state index contributed by atoms with van der Waals surface area (Å²) in [5.74, 6) is 0.974. The molecule has 1 aromatic carbocycles. The quantitative estimate of drug-likeness (QED) is 0.772. The third-order valence-corrected chi connectivity index (χ3v) is 3.33. The van der Waals surface area contributed by atoms with Crippen LogP contribution in [0.3, 0.4) is 0 Å². The number of hydrogen-bond acceptors (Lipinski definition) is 6. The van der Waals surface area contributed by atoms with Gasteiger partial charge in [-0.2, -0.15) is 10.2 Å². The van der Waals surface area contributed by atoms with Crippen molar-refractivity contribution in [3.63, 3.8) is 0 Å². The lowest BCUT2D eigenvalue weighted by Gasteiger charge is -2.07. The van der Waals surface area contributed by atoms with Gasteiger partial charge in [-0.3, -0.25) is 0 Å². The maximum atomic E-state index is 9.04. The minimum Gasteiger partial charge on any atom is -0.437 e. The number of thiophene rings is 1. The highest BCUT2D eigenvalue weighted by atomic mass is 32.1. The average molecular weight is 268 g/mol. The summed E-state index contributed by atoms with van der Waals surface area (Å²) in [5, 5.41) is 11.7. The molecule has 2 heterocycles. The van der Waals surface area contributed by atoms with Gasteiger partial charge in [0, 0.05) is 0 Å². The molecule has 0 saturated heterocycles. The van der Waals surface area contributed by atoms with Crippen LogP contribution in [0, 0.1) is 11.3 Å². The summed E-state index contributed by atoms with van der Waals surface area (Å²) in [7, 11) is 0. The third kappa shape index (κ3) is 2.07. The lowest BCUT2D eigenvalue weighted by Crippen LogP contribution is -1.98. The number of nitrogens with two attached hydrogens (primary N) is 1. The fourth-order valence-electron chi connectivity index (χ4n) is 1.67. The first-order valence-corrected chi connectivity index (χ1v) is 6.33. The van der Waals surface area contributed by atoms with E-state index in [1.807, 2.05) is 11.4 Å². The maximum absolute atomic E-state index is 9.04. The summed E-state index contributed by atoms with van der Waals surface area (Å²) in [4.78, 5) is 8.97. The van der Waals surface area contributed by atoms with Crippen molar-refractivity contribution in [3.8, 4) is 17.7 Å². The van der Waals surface area contributed by atoms with Gasteiger partial charge in [0.15, 0.2) is 0 Å². The predicted molar refractivity (Wildman–Crippen MR) is 73.1 cm³/mol. The largest absolute Gasteiger partial charge is 0.437 e. The number of benzene rings is 1. The standard InChI is InChI=1S/C13H8N4OS/c14-7-8-3-1-2-4-10(8)18-11-9-5-6-19-12(9)17-13(15)16-11/h1-6H,(H2,15,16,17). The number of ether oxygens (including phenoxy) is 1. The van der Waals surface area contributed by atoms with Gasteiger partial charge in [-0.25, -0.2) is 4.98 Å². The van der Waals surface area contributed by atoms with Crippen LogP contribution >= 0.6 is 11.3 Å². The Kier molecular flexibility index (Phi) is 2.74. The van der Waals surface area contributed by atoms with Gasteiger partial charge in [0.2, 0.25) is 11.8 Å². The summed E-state index contributed by atoms with van der Waals surface area (Å²) in [6, 6.07) is 10.9. The number of rotatable bonds is 2. The molecule has 0 saturated carbocycles. The first-order valence-electron chi connectivity index (χ1n) is 5.45. The number of anilines is 1. The van der Waals surface area contributed by atoms with Gasteiger partial charge in [0.05, 0.1) is 10.9 Å². The molecule has 0 aliphatic carbocycles. The zero-order valence-corrected chi connectivity index (χ0v) is 10.5. The van der Waals surface area contributed by atoms with Crippen molar-refractivity contribution >= 4 is 27.5 Å². The molecule has 0 spiro atoms. The summed E-state index contributed by atoms with van der Waals surface area (Å²) in [6.45, 7) is 0. The van der Waals surface area contributed by atoms with Gasteiger partial charge < -0.3 is 10.5 Å². The molecule has 5 nitrogen and oxygen atoms in total. The van der Waals surface area contributed by atoms with E-state index >= 15 is 0 Å². The van der Waals surface area contributed by atoms with E-state index in [2.05, 4.69) is 16.0 Å². The van der Waals surface area contributed by atoms with Gasteiger partial charge in [0.25, 0.3) is 0 Å². The molecule has 92 valence electrons. The van der Waals surface area contributed by atoms with E-state index in [4.69, 9.17) is 15.7 Å². The number of nitrogen functional groups attached to an aromatic ring is 1. The van der Waals surface area contributed by atoms with Crippen LogP contribution in [0.1, 0.15) is 5.56 Å². The van der Waals surface area contributed by atoms with Crippen LogP contribution in [0.25, 0.3) is 10.2 Å². The zero-order chi connectivity index (χ0) is 13.2. The lowest BCUT2D eigenvalue weighted by atomic mass is 10.2. The highest BCUT2D eigenvalue weighted by Crippen LogP contribution is 2.31. The second kappa shape index (κ2) is 4.55. The molecule has 0 fully saturated rings. The molecule has 3 rings (SSSR count). The second-order valence-corrected chi connectivity index (χ2v) is 4.63. The molecule has 0 unspecified atom stereocenters. The van der Waals surface area contributed by atoms with E-state index in [1.165, 1.54) is 11.3 Å². The zero-order valence-electron chi connectivity index (χ0n) is 9.70. The van der Waals surface area contributed by atoms with Crippen LogP contribution in [0.2, 0.25) is 0 Å². The summed E-state index contributed by atoms with van der Waals surface area (Å²) in [5.41, 5.74) is 6.09. The van der Waals surface area contributed by atoms with E-state index in [-0.39, 0.29) is 5.95 Å². The van der Waals surface area contributed by atoms with E-state index in [0.29, 0.717) is 17.2 Å². The van der Waals surface area contributed by atoms with Crippen LogP contribution in [0.15, 0.2) is 35.7 Å². The second-order valence-electron chi connectivity index (χ2n) is 3.74. The van der Waals surface area contributed by atoms with Crippen LogP contribution in [-0.4, -0.2) is 9.97 Å². The third-order valence-electron chi connectivity index (χ3n) is 2.52. The molecule has 0 radical (unpaired) electrons. The van der Waals surface area contributed by atoms with Crippen LogP contribution < -0.4 is 10.5 Å². The summed E-state index contributed by atoms with van der Waals surface area (Å²) >= 11 is 1.46. The van der Waals surface area contributed by atoms with Crippen LogP contribution in [0.5, 0.6) is 11.6 Å². The monoisotopic (exact) mass is 268 g/mol. The molecular weight excluding hydrogens is 260 g/mol. The Balaban J connectivity index is 2.11. The van der Waals surface area contributed by atoms with Gasteiger partial charge in [-0.1, -0.05) is 12.1 Å². The minimum absolute atomic E-state index is 0.152. The van der Waals surface area contributed by atoms with Crippen molar-refractivity contribution in [2.24, 2.45) is 0 Å². The van der Waals surface area contributed by atoms with Crippen molar-refractivity contribution in [1.82, 2.24) is 9.97 Å². The molecule has 0 aliphatic rings. The van der Waals surface area contributed by atoms with Gasteiger partial charge in [-0.15, -0.1) is 11.3 Å². The molecule has 6 heteroatoms. The number of nitrogens with zero attached hydrogens (tertiary/aromatic N) is 3. The van der Waals surface area contributed by atoms with Crippen LogP contribution in [-0.2, 0) is 0 Å². The van der Waals surface area contributed by atoms with Crippen molar-refractivity contribution in [2.75, 3.05) is 5.73 Å². The fourth-order valence-corrected chi connectivity index (χ4v) is 2.44. The van der Waals surface area contributed by atoms with Gasteiger partial charge in [-0.05, 0) is 23.6 Å². The Morgan fingerprint density at radius 3 is 2.89 bits per heavy atom. The Hall–Kier alpha value is -2.65. The average Bonchev–Trinajstić information content (AvgIpc) is 2.87. The first-order chi connectivity index (χ1) is 9.28. The van der Waals surface area contributed by atoms with Crippen molar-refractivity contribution < 1.29 is 4.74 Å². The number of aromatic nitrogens is 2. The number of nitriles is 1. The topological polar surface area (TPSA) is 84.8 Å². The first kappa shape index (κ1) is 11.4. The molecule has 0 amide bonds. The Bertz CT molecular complexity index is 791. The molecule has 0 atom stereocenters. The molecule has 19 heavy (non-hydrogen) atoms. The molecule has 0 bridgehead atoms. The molecular formula is C13H8N4OS. The summed E-state index contributed by atoms with van der Waals surface area (Å²) in [6.07, 6.45) is 0. The predicted octanol–water partition coefficient (Wildman–Crippen LogP) is 2.94. The maximum Gasteiger partial charge on any atom is 0.232 e. The van der Waals surface area contributed by atoms with Gasteiger partial charge >= 0.3 is 0 Å². The van der Waals surface area contributed by atoms with Gasteiger partial charge in [0.1, 0.15) is 16.6 Å². The molecule has 2 aromatic heterocycles. The molecule has 0 aliphatic heterocycles. The SMILES string of the molecule is N#Cc1ccccc1Oc1nc(N)nc2sccc12. The highest BCUT2D eigenvalue weighted by molar-refractivity contribution is 7.16. The Morgan fingerprint density at radius 2 is 2.05 bits per heavy atom. The van der Waals surface area contributed by atoms with Crippen LogP contribution in [0.4, 0.5) is 5.95 Å². The Labute approximate surface area is 112 Å². The summed E-state index contributed by atoms with van der Waals surface area (Å²) < 4.78 is 5.71. The van der Waals surface area contributed by atoms with Crippen molar-refractivity contribution in [1.29, 1.82) is 5.26 Å². The molecule has 3 aromatic rings. The van der Waals surface area contributed by atoms with E-state index in [1.54, 1.807) is 24.3 Å². The Morgan fingerprint density at radius 1 is 1.21 bits per heavy atom.